The van der Waals surface area contributed by atoms with E-state index >= 15 is 0 Å². The fraction of sp³-hybridized carbons (Fsp3) is 0.292. The Hall–Kier alpha value is -2.54. The highest BCUT2D eigenvalue weighted by atomic mass is 32.1. The molecule has 4 nitrogen and oxygen atoms in total. The lowest BCUT2D eigenvalue weighted by atomic mass is 9.97. The Balaban J connectivity index is 1.75. The van der Waals surface area contributed by atoms with Crippen LogP contribution in [-0.4, -0.2) is 32.2 Å². The SMILES string of the molecule is CCc1cc(C(c2ccccc2F)[NH+]2CCOCC2)c(NC(=O)c2ccccc2)s1. The quantitative estimate of drug-likeness (QED) is 0.632. The predicted molar refractivity (Wildman–Crippen MR) is 118 cm³/mol. The van der Waals surface area contributed by atoms with Gasteiger partial charge in [0.1, 0.15) is 29.9 Å². The summed E-state index contributed by atoms with van der Waals surface area (Å²) in [5.41, 5.74) is 2.24. The third kappa shape index (κ3) is 4.46. The number of amides is 1. The molecule has 1 aliphatic rings. The van der Waals surface area contributed by atoms with Crippen molar-refractivity contribution in [3.63, 3.8) is 0 Å². The number of ether oxygens (including phenoxy) is 1. The summed E-state index contributed by atoms with van der Waals surface area (Å²) < 4.78 is 20.4. The van der Waals surface area contributed by atoms with Crippen LogP contribution in [0.4, 0.5) is 9.39 Å². The van der Waals surface area contributed by atoms with E-state index in [0.717, 1.165) is 30.1 Å². The minimum atomic E-state index is -0.217. The van der Waals surface area contributed by atoms with Crippen molar-refractivity contribution < 1.29 is 18.8 Å². The van der Waals surface area contributed by atoms with Crippen LogP contribution < -0.4 is 10.2 Å². The largest absolute Gasteiger partial charge is 0.370 e. The third-order valence-electron chi connectivity index (χ3n) is 5.49. The smallest absolute Gasteiger partial charge is 0.256 e. The lowest BCUT2D eigenvalue weighted by molar-refractivity contribution is -0.933. The lowest BCUT2D eigenvalue weighted by Gasteiger charge is -2.32. The zero-order valence-corrected chi connectivity index (χ0v) is 17.8. The summed E-state index contributed by atoms with van der Waals surface area (Å²) in [6.45, 7) is 4.98. The van der Waals surface area contributed by atoms with Crippen molar-refractivity contribution in [2.75, 3.05) is 31.6 Å². The Morgan fingerprint density at radius 2 is 1.80 bits per heavy atom. The van der Waals surface area contributed by atoms with Gasteiger partial charge >= 0.3 is 0 Å². The minimum Gasteiger partial charge on any atom is -0.370 e. The van der Waals surface area contributed by atoms with Gasteiger partial charge in [-0.25, -0.2) is 4.39 Å². The first-order chi connectivity index (χ1) is 14.7. The third-order valence-corrected chi connectivity index (χ3v) is 6.70. The van der Waals surface area contributed by atoms with E-state index < -0.39 is 0 Å². The first kappa shape index (κ1) is 20.7. The van der Waals surface area contributed by atoms with Gasteiger partial charge in [-0.1, -0.05) is 37.3 Å². The number of carbonyl (C=O) groups excluding carboxylic acids is 1. The molecular weight excluding hydrogens is 399 g/mol. The molecule has 1 aromatic heterocycles. The molecule has 1 unspecified atom stereocenters. The van der Waals surface area contributed by atoms with Crippen molar-refractivity contribution in [2.45, 2.75) is 19.4 Å². The number of quaternary nitrogens is 1. The van der Waals surface area contributed by atoms with Crippen LogP contribution in [0.3, 0.4) is 0 Å². The zero-order valence-electron chi connectivity index (χ0n) is 17.0. The number of anilines is 1. The van der Waals surface area contributed by atoms with Gasteiger partial charge < -0.3 is 15.0 Å². The van der Waals surface area contributed by atoms with Crippen LogP contribution >= 0.6 is 11.3 Å². The van der Waals surface area contributed by atoms with E-state index in [2.05, 4.69) is 18.3 Å². The second-order valence-electron chi connectivity index (χ2n) is 7.40. The van der Waals surface area contributed by atoms with Crippen molar-refractivity contribution in [1.82, 2.24) is 0 Å². The summed E-state index contributed by atoms with van der Waals surface area (Å²) in [6, 6.07) is 18.1. The highest BCUT2D eigenvalue weighted by molar-refractivity contribution is 7.16. The van der Waals surface area contributed by atoms with Gasteiger partial charge in [-0.15, -0.1) is 11.3 Å². The van der Waals surface area contributed by atoms with E-state index in [9.17, 15) is 9.18 Å². The number of carbonyl (C=O) groups is 1. The second kappa shape index (κ2) is 9.51. The van der Waals surface area contributed by atoms with Gasteiger partial charge in [0.05, 0.1) is 13.2 Å². The van der Waals surface area contributed by atoms with E-state index in [1.807, 2.05) is 30.3 Å². The monoisotopic (exact) mass is 425 g/mol. The Labute approximate surface area is 180 Å². The molecule has 6 heteroatoms. The number of benzene rings is 2. The number of morpholine rings is 1. The Morgan fingerprint density at radius 1 is 1.10 bits per heavy atom. The van der Waals surface area contributed by atoms with Gasteiger partial charge in [0.25, 0.3) is 5.91 Å². The standard InChI is InChI=1S/C24H25FN2O2S/c1-2-18-16-20(24(30-18)26-23(28)17-8-4-3-5-9-17)22(27-12-14-29-15-13-27)19-10-6-7-11-21(19)25/h3-11,16,22H,2,12-15H2,1H3,(H,26,28)/p+1. The van der Waals surface area contributed by atoms with Crippen LogP contribution in [-0.2, 0) is 11.2 Å². The normalized spacial score (nSPS) is 15.7. The lowest BCUT2D eigenvalue weighted by Crippen LogP contribution is -3.14. The van der Waals surface area contributed by atoms with Gasteiger partial charge in [0.15, 0.2) is 0 Å². The van der Waals surface area contributed by atoms with Gasteiger partial charge in [-0.05, 0) is 36.8 Å². The van der Waals surface area contributed by atoms with Gasteiger partial charge in [-0.3, -0.25) is 4.79 Å². The Kier molecular flexibility index (Phi) is 6.57. The van der Waals surface area contributed by atoms with Crippen LogP contribution in [0.1, 0.15) is 39.3 Å². The molecule has 1 aliphatic heterocycles. The van der Waals surface area contributed by atoms with E-state index in [1.165, 1.54) is 15.8 Å². The number of nitrogens with one attached hydrogen (secondary N) is 2. The molecule has 2 heterocycles. The number of aryl methyl sites for hydroxylation is 1. The Bertz CT molecular complexity index is 999. The highest BCUT2D eigenvalue weighted by Crippen LogP contribution is 2.36. The van der Waals surface area contributed by atoms with Crippen molar-refractivity contribution >= 4 is 22.2 Å². The average Bonchev–Trinajstić information content (AvgIpc) is 3.19. The average molecular weight is 426 g/mol. The molecule has 2 N–H and O–H groups in total. The maximum absolute atomic E-state index is 14.9. The van der Waals surface area contributed by atoms with Gasteiger partial charge in [-0.2, -0.15) is 0 Å². The van der Waals surface area contributed by atoms with Gasteiger partial charge in [0.2, 0.25) is 0 Å². The first-order valence-corrected chi connectivity index (χ1v) is 11.1. The van der Waals surface area contributed by atoms with E-state index in [1.54, 1.807) is 29.5 Å². The molecule has 1 saturated heterocycles. The maximum atomic E-state index is 14.9. The van der Waals surface area contributed by atoms with Crippen LogP contribution in [0.2, 0.25) is 0 Å². The minimum absolute atomic E-state index is 0.148. The Morgan fingerprint density at radius 3 is 2.50 bits per heavy atom. The molecule has 1 amide bonds. The van der Waals surface area contributed by atoms with Crippen molar-refractivity contribution in [3.05, 3.63) is 88.0 Å². The maximum Gasteiger partial charge on any atom is 0.256 e. The topological polar surface area (TPSA) is 42.8 Å². The molecule has 156 valence electrons. The molecular formula is C24H26FN2O2S+. The summed E-state index contributed by atoms with van der Waals surface area (Å²) in [7, 11) is 0. The van der Waals surface area contributed by atoms with Crippen LogP contribution in [0.25, 0.3) is 0 Å². The predicted octanol–water partition coefficient (Wildman–Crippen LogP) is 3.71. The highest BCUT2D eigenvalue weighted by Gasteiger charge is 2.33. The number of thiophene rings is 1. The summed E-state index contributed by atoms with van der Waals surface area (Å²) in [4.78, 5) is 15.3. The van der Waals surface area contributed by atoms with E-state index in [4.69, 9.17) is 4.74 Å². The van der Waals surface area contributed by atoms with Crippen molar-refractivity contribution in [3.8, 4) is 0 Å². The number of hydrogen-bond acceptors (Lipinski definition) is 3. The molecule has 1 fully saturated rings. The summed E-state index contributed by atoms with van der Waals surface area (Å²) in [6.07, 6.45) is 0.862. The van der Waals surface area contributed by atoms with Crippen LogP contribution in [0.15, 0.2) is 60.7 Å². The summed E-state index contributed by atoms with van der Waals surface area (Å²) >= 11 is 1.58. The van der Waals surface area contributed by atoms with Crippen LogP contribution in [0, 0.1) is 5.82 Å². The zero-order chi connectivity index (χ0) is 20.9. The molecule has 0 spiro atoms. The molecule has 1 atom stereocenters. The van der Waals surface area contributed by atoms with Crippen molar-refractivity contribution in [2.24, 2.45) is 0 Å². The molecule has 0 aliphatic carbocycles. The van der Waals surface area contributed by atoms with Gasteiger partial charge in [0, 0.05) is 21.6 Å². The van der Waals surface area contributed by atoms with E-state index in [0.29, 0.717) is 24.3 Å². The van der Waals surface area contributed by atoms with Crippen LogP contribution in [0.5, 0.6) is 0 Å². The molecule has 30 heavy (non-hydrogen) atoms. The summed E-state index contributed by atoms with van der Waals surface area (Å²) in [5.74, 6) is -0.364. The molecule has 0 saturated carbocycles. The molecule has 0 radical (unpaired) electrons. The fourth-order valence-electron chi connectivity index (χ4n) is 3.95. The molecule has 3 aromatic rings. The number of hydrogen-bond donors (Lipinski definition) is 2. The van der Waals surface area contributed by atoms with Crippen molar-refractivity contribution in [1.29, 1.82) is 0 Å². The molecule has 4 rings (SSSR count). The van der Waals surface area contributed by atoms with E-state index in [-0.39, 0.29) is 17.8 Å². The molecule has 0 bridgehead atoms. The number of rotatable bonds is 6. The molecule has 2 aromatic carbocycles. The summed E-state index contributed by atoms with van der Waals surface area (Å²) in [5, 5.41) is 3.90. The first-order valence-electron chi connectivity index (χ1n) is 10.3. The fourth-order valence-corrected chi connectivity index (χ4v) is 4.98. The second-order valence-corrected chi connectivity index (χ2v) is 8.53. The number of halogens is 1.